The highest BCUT2D eigenvalue weighted by atomic mass is 32.2. The van der Waals surface area contributed by atoms with Crippen LogP contribution in [-0.4, -0.2) is 58.1 Å². The minimum Gasteiger partial charge on any atom is -0.497 e. The Morgan fingerprint density at radius 3 is 2.41 bits per heavy atom. The number of benzene rings is 2. The van der Waals surface area contributed by atoms with E-state index < -0.39 is 16.1 Å². The quantitative estimate of drug-likeness (QED) is 0.494. The zero-order valence-corrected chi connectivity index (χ0v) is 21.4. The van der Waals surface area contributed by atoms with Gasteiger partial charge in [0.25, 0.3) is 0 Å². The van der Waals surface area contributed by atoms with Gasteiger partial charge in [0.05, 0.1) is 19.1 Å². The molecule has 0 spiro atoms. The molecule has 0 radical (unpaired) electrons. The smallest absolute Gasteiger partial charge is 0.242 e. The van der Waals surface area contributed by atoms with Crippen LogP contribution in [0.5, 0.6) is 5.75 Å². The zero-order chi connectivity index (χ0) is 25.3. The SMILES string of the molecule is CCC(C(=O)NC)N(Cc1ccccc1C)C(=O)CCCN(c1cccc(OC)c1)S(C)(=O)=O. The average Bonchev–Trinajstić information content (AvgIpc) is 2.81. The van der Waals surface area contributed by atoms with Gasteiger partial charge < -0.3 is 15.0 Å². The molecule has 0 bridgehead atoms. The maximum Gasteiger partial charge on any atom is 0.242 e. The predicted octanol–water partition coefficient (Wildman–Crippen LogP) is 3.10. The normalized spacial score (nSPS) is 12.0. The fraction of sp³-hybridized carbons (Fsp3) is 0.440. The number of nitrogens with one attached hydrogen (secondary N) is 1. The van der Waals surface area contributed by atoms with E-state index in [-0.39, 0.29) is 24.8 Å². The molecule has 2 aromatic carbocycles. The van der Waals surface area contributed by atoms with E-state index in [1.807, 2.05) is 38.1 Å². The molecule has 9 heteroatoms. The van der Waals surface area contributed by atoms with Crippen LogP contribution in [0.3, 0.4) is 0 Å². The lowest BCUT2D eigenvalue weighted by Gasteiger charge is -2.31. The van der Waals surface area contributed by atoms with Crippen molar-refractivity contribution in [2.24, 2.45) is 0 Å². The molecule has 0 aliphatic rings. The lowest BCUT2D eigenvalue weighted by molar-refractivity contribution is -0.141. The summed E-state index contributed by atoms with van der Waals surface area (Å²) in [6.07, 6.45) is 2.01. The first-order valence-corrected chi connectivity index (χ1v) is 13.1. The van der Waals surface area contributed by atoms with Crippen molar-refractivity contribution in [3.63, 3.8) is 0 Å². The highest BCUT2D eigenvalue weighted by molar-refractivity contribution is 7.92. The van der Waals surface area contributed by atoms with Gasteiger partial charge in [0, 0.05) is 32.6 Å². The van der Waals surface area contributed by atoms with Crippen molar-refractivity contribution in [1.29, 1.82) is 0 Å². The molecule has 0 aliphatic heterocycles. The van der Waals surface area contributed by atoms with Crippen molar-refractivity contribution >= 4 is 27.5 Å². The lowest BCUT2D eigenvalue weighted by atomic mass is 10.1. The first-order chi connectivity index (χ1) is 16.1. The van der Waals surface area contributed by atoms with E-state index in [9.17, 15) is 18.0 Å². The monoisotopic (exact) mass is 489 g/mol. The summed E-state index contributed by atoms with van der Waals surface area (Å²) in [5, 5.41) is 2.65. The fourth-order valence-electron chi connectivity index (χ4n) is 3.83. The molecule has 8 nitrogen and oxygen atoms in total. The Kier molecular flexibility index (Phi) is 9.92. The Morgan fingerprint density at radius 2 is 1.82 bits per heavy atom. The van der Waals surface area contributed by atoms with E-state index in [2.05, 4.69) is 5.32 Å². The van der Waals surface area contributed by atoms with Gasteiger partial charge in [-0.15, -0.1) is 0 Å². The summed E-state index contributed by atoms with van der Waals surface area (Å²) >= 11 is 0. The van der Waals surface area contributed by atoms with E-state index in [4.69, 9.17) is 4.74 Å². The number of sulfonamides is 1. The molecule has 0 fully saturated rings. The largest absolute Gasteiger partial charge is 0.497 e. The molecule has 1 atom stereocenters. The highest BCUT2D eigenvalue weighted by Gasteiger charge is 2.28. The molecule has 0 aliphatic carbocycles. The number of hydrogen-bond acceptors (Lipinski definition) is 5. The molecule has 186 valence electrons. The lowest BCUT2D eigenvalue weighted by Crippen LogP contribution is -2.48. The first-order valence-electron chi connectivity index (χ1n) is 11.3. The van der Waals surface area contributed by atoms with Crippen LogP contribution in [0.4, 0.5) is 5.69 Å². The number of hydrogen-bond donors (Lipinski definition) is 1. The number of aryl methyl sites for hydroxylation is 1. The number of rotatable bonds is 12. The second kappa shape index (κ2) is 12.4. The third-order valence-electron chi connectivity index (χ3n) is 5.73. The molecule has 0 saturated heterocycles. The van der Waals surface area contributed by atoms with Crippen LogP contribution in [0.15, 0.2) is 48.5 Å². The number of amides is 2. The van der Waals surface area contributed by atoms with Gasteiger partial charge in [-0.05, 0) is 43.0 Å². The first kappa shape index (κ1) is 27.2. The fourth-order valence-corrected chi connectivity index (χ4v) is 4.78. The number of ether oxygens (including phenoxy) is 1. The Hall–Kier alpha value is -3.07. The molecular weight excluding hydrogens is 454 g/mol. The summed E-state index contributed by atoms with van der Waals surface area (Å²) in [6.45, 7) is 4.28. The van der Waals surface area contributed by atoms with Gasteiger partial charge in [0.2, 0.25) is 21.8 Å². The van der Waals surface area contributed by atoms with Crippen LogP contribution < -0.4 is 14.4 Å². The Balaban J connectivity index is 2.21. The van der Waals surface area contributed by atoms with Gasteiger partial charge in [-0.25, -0.2) is 8.42 Å². The van der Waals surface area contributed by atoms with Crippen LogP contribution in [0.2, 0.25) is 0 Å². The topological polar surface area (TPSA) is 96.0 Å². The van der Waals surface area contributed by atoms with Crippen molar-refractivity contribution in [1.82, 2.24) is 10.2 Å². The average molecular weight is 490 g/mol. The molecule has 2 rings (SSSR count). The highest BCUT2D eigenvalue weighted by Crippen LogP contribution is 2.24. The van der Waals surface area contributed by atoms with Crippen molar-refractivity contribution in [3.05, 3.63) is 59.7 Å². The molecule has 1 unspecified atom stereocenters. The van der Waals surface area contributed by atoms with Crippen LogP contribution in [0.25, 0.3) is 0 Å². The van der Waals surface area contributed by atoms with E-state index in [0.717, 1.165) is 17.4 Å². The summed E-state index contributed by atoms with van der Waals surface area (Å²) in [5.74, 6) is 0.124. The van der Waals surface area contributed by atoms with Crippen molar-refractivity contribution in [3.8, 4) is 5.75 Å². The summed E-state index contributed by atoms with van der Waals surface area (Å²) < 4.78 is 31.4. The Bertz CT molecular complexity index is 1090. The number of carbonyl (C=O) groups is 2. The number of carbonyl (C=O) groups excluding carboxylic acids is 2. The molecule has 0 heterocycles. The third-order valence-corrected chi connectivity index (χ3v) is 6.92. The molecule has 34 heavy (non-hydrogen) atoms. The molecule has 0 aromatic heterocycles. The van der Waals surface area contributed by atoms with Gasteiger partial charge in [0.15, 0.2) is 0 Å². The van der Waals surface area contributed by atoms with Gasteiger partial charge >= 0.3 is 0 Å². The van der Waals surface area contributed by atoms with Gasteiger partial charge in [-0.3, -0.25) is 13.9 Å². The van der Waals surface area contributed by atoms with Gasteiger partial charge in [-0.1, -0.05) is 37.3 Å². The molecule has 2 aromatic rings. The molecule has 0 saturated carbocycles. The second-order valence-corrected chi connectivity index (χ2v) is 10.0. The third kappa shape index (κ3) is 7.21. The van der Waals surface area contributed by atoms with Crippen LogP contribution in [-0.2, 0) is 26.2 Å². The Labute approximate surface area is 202 Å². The van der Waals surface area contributed by atoms with Crippen LogP contribution in [0.1, 0.15) is 37.3 Å². The van der Waals surface area contributed by atoms with E-state index >= 15 is 0 Å². The molecule has 1 N–H and O–H groups in total. The summed E-state index contributed by atoms with van der Waals surface area (Å²) in [6, 6.07) is 13.9. The molecule has 2 amide bonds. The van der Waals surface area contributed by atoms with Crippen molar-refractivity contribution in [2.75, 3.05) is 31.3 Å². The maximum absolute atomic E-state index is 13.3. The zero-order valence-electron chi connectivity index (χ0n) is 20.6. The summed E-state index contributed by atoms with van der Waals surface area (Å²) in [5.41, 5.74) is 2.48. The van der Waals surface area contributed by atoms with E-state index in [1.54, 1.807) is 36.2 Å². The minimum atomic E-state index is -3.56. The minimum absolute atomic E-state index is 0.107. The van der Waals surface area contributed by atoms with Gasteiger partial charge in [-0.2, -0.15) is 0 Å². The number of nitrogens with zero attached hydrogens (tertiary/aromatic N) is 2. The standard InChI is InChI=1S/C25H35N3O5S/c1-6-23(25(30)26-3)27(18-20-12-8-7-11-19(20)2)24(29)15-10-16-28(34(5,31)32)21-13-9-14-22(17-21)33-4/h7-9,11-14,17,23H,6,10,15-16,18H2,1-5H3,(H,26,30). The Morgan fingerprint density at radius 1 is 1.12 bits per heavy atom. The van der Waals surface area contributed by atoms with Crippen LogP contribution >= 0.6 is 0 Å². The number of likely N-dealkylation sites (N-methyl/N-ethyl adjacent to an activating group) is 1. The van der Waals surface area contributed by atoms with Crippen molar-refractivity contribution in [2.45, 2.75) is 45.7 Å². The second-order valence-electron chi connectivity index (χ2n) is 8.13. The molecular formula is C25H35N3O5S. The predicted molar refractivity (Wildman–Crippen MR) is 134 cm³/mol. The van der Waals surface area contributed by atoms with Crippen molar-refractivity contribution < 1.29 is 22.7 Å². The van der Waals surface area contributed by atoms with Crippen LogP contribution in [0, 0.1) is 6.92 Å². The maximum atomic E-state index is 13.3. The van der Waals surface area contributed by atoms with E-state index in [0.29, 0.717) is 30.8 Å². The number of anilines is 1. The van der Waals surface area contributed by atoms with Gasteiger partial charge in [0.1, 0.15) is 11.8 Å². The summed E-state index contributed by atoms with van der Waals surface area (Å²) in [7, 11) is -0.494. The summed E-state index contributed by atoms with van der Waals surface area (Å²) in [4.78, 5) is 27.4. The van der Waals surface area contributed by atoms with E-state index in [1.165, 1.54) is 11.4 Å². The number of methoxy groups -OCH3 is 1.